The quantitative estimate of drug-likeness (QED) is 0.330. The van der Waals surface area contributed by atoms with Crippen molar-refractivity contribution >= 4 is 6.41 Å². The second-order valence-corrected chi connectivity index (χ2v) is 8.89. The standard InChI is InChI=1S/C16H14FNO.C13H18O2.C2H2/c17-14-7-5-13(6-8-14)16-15-4-2-1-3-12(15)9-10-18(16)11-19;1-11-7-8-13(10-14-11)15-9-12-5-3-2-4-6-12;1-2/h1-8,11,16H,9-10H2;2-6,11,13H,7-10H2,1H3;1-2H/t16-;11-,13+;/m00./s1. The van der Waals surface area contributed by atoms with Crippen molar-refractivity contribution in [3.05, 3.63) is 107 Å². The number of carbonyl (C=O) groups excluding carboxylic acids is 1. The van der Waals surface area contributed by atoms with Crippen LogP contribution in [-0.4, -0.2) is 36.7 Å². The third-order valence-corrected chi connectivity index (χ3v) is 6.43. The first-order valence-corrected chi connectivity index (χ1v) is 12.3. The normalized spacial score (nSPS) is 20.6. The molecule has 0 aromatic heterocycles. The van der Waals surface area contributed by atoms with E-state index in [1.165, 1.54) is 23.3 Å². The monoisotopic (exact) mass is 487 g/mol. The lowest BCUT2D eigenvalue weighted by Gasteiger charge is -2.35. The number of rotatable bonds is 5. The summed E-state index contributed by atoms with van der Waals surface area (Å²) < 4.78 is 24.4. The van der Waals surface area contributed by atoms with Crippen LogP contribution in [0.1, 0.15) is 48.1 Å². The number of terminal acetylenes is 1. The summed E-state index contributed by atoms with van der Waals surface area (Å²) in [5.74, 6) is -0.259. The van der Waals surface area contributed by atoms with E-state index in [0.29, 0.717) is 19.3 Å². The Hall–Kier alpha value is -3.46. The molecule has 2 aliphatic heterocycles. The zero-order valence-electron chi connectivity index (χ0n) is 20.8. The highest BCUT2D eigenvalue weighted by molar-refractivity contribution is 5.54. The van der Waals surface area contributed by atoms with Gasteiger partial charge in [0.15, 0.2) is 0 Å². The van der Waals surface area contributed by atoms with Gasteiger partial charge < -0.3 is 14.4 Å². The van der Waals surface area contributed by atoms with Crippen molar-refractivity contribution in [2.24, 2.45) is 0 Å². The predicted octanol–water partition coefficient (Wildman–Crippen LogP) is 5.95. The topological polar surface area (TPSA) is 38.8 Å². The van der Waals surface area contributed by atoms with E-state index in [4.69, 9.17) is 9.47 Å². The average Bonchev–Trinajstić information content (AvgIpc) is 2.95. The number of fused-ring (bicyclic) bond motifs is 1. The number of benzene rings is 3. The number of hydrogen-bond acceptors (Lipinski definition) is 3. The van der Waals surface area contributed by atoms with Gasteiger partial charge in [-0.05, 0) is 60.6 Å². The van der Waals surface area contributed by atoms with Gasteiger partial charge >= 0.3 is 0 Å². The van der Waals surface area contributed by atoms with Crippen molar-refractivity contribution in [2.75, 3.05) is 13.2 Å². The minimum absolute atomic E-state index is 0.108. The minimum atomic E-state index is -0.259. The zero-order chi connectivity index (χ0) is 25.8. The largest absolute Gasteiger partial charge is 0.376 e. The lowest BCUT2D eigenvalue weighted by Crippen LogP contribution is -2.34. The lowest BCUT2D eigenvalue weighted by molar-refractivity contribution is -0.119. The molecule has 5 rings (SSSR count). The maximum Gasteiger partial charge on any atom is 0.210 e. The molecule has 0 unspecified atom stereocenters. The van der Waals surface area contributed by atoms with Gasteiger partial charge in [-0.3, -0.25) is 4.79 Å². The second kappa shape index (κ2) is 14.2. The molecular weight excluding hydrogens is 453 g/mol. The molecule has 1 fully saturated rings. The summed E-state index contributed by atoms with van der Waals surface area (Å²) in [6.45, 7) is 4.26. The molecule has 5 heteroatoms. The molecule has 0 N–H and O–H groups in total. The number of amides is 1. The molecule has 0 aliphatic carbocycles. The Bertz CT molecular complexity index is 1080. The number of hydrogen-bond donors (Lipinski definition) is 0. The Morgan fingerprint density at radius 2 is 1.69 bits per heavy atom. The molecule has 0 bridgehead atoms. The summed E-state index contributed by atoms with van der Waals surface area (Å²) in [4.78, 5) is 13.0. The fourth-order valence-corrected chi connectivity index (χ4v) is 4.49. The first-order valence-electron chi connectivity index (χ1n) is 12.3. The van der Waals surface area contributed by atoms with Gasteiger partial charge in [-0.2, -0.15) is 0 Å². The summed E-state index contributed by atoms with van der Waals surface area (Å²) in [5.41, 5.74) is 4.57. The predicted molar refractivity (Wildman–Crippen MR) is 141 cm³/mol. The first kappa shape index (κ1) is 27.1. The first-order chi connectivity index (χ1) is 17.6. The molecule has 0 radical (unpaired) electrons. The summed E-state index contributed by atoms with van der Waals surface area (Å²) in [7, 11) is 0. The number of ether oxygens (including phenoxy) is 2. The number of carbonyl (C=O) groups is 1. The van der Waals surface area contributed by atoms with Crippen LogP contribution in [0.15, 0.2) is 78.9 Å². The van der Waals surface area contributed by atoms with Crippen LogP contribution >= 0.6 is 0 Å². The molecule has 3 atom stereocenters. The van der Waals surface area contributed by atoms with E-state index >= 15 is 0 Å². The van der Waals surface area contributed by atoms with E-state index in [0.717, 1.165) is 43.4 Å². The highest BCUT2D eigenvalue weighted by Crippen LogP contribution is 2.34. The van der Waals surface area contributed by atoms with Gasteiger partial charge in [-0.25, -0.2) is 4.39 Å². The highest BCUT2D eigenvalue weighted by atomic mass is 19.1. The summed E-state index contributed by atoms with van der Waals surface area (Å²) in [5, 5.41) is 0. The molecule has 0 saturated carbocycles. The SMILES string of the molecule is C#C.C[C@H]1CC[C@@H](OCc2ccccc2)CO1.O=CN1CCc2ccccc2[C@@H]1c1ccc(F)cc1. The molecule has 1 saturated heterocycles. The van der Waals surface area contributed by atoms with Gasteiger partial charge in [-0.1, -0.05) is 66.7 Å². The number of halogens is 1. The molecular formula is C31H34FNO3. The molecule has 4 nitrogen and oxygen atoms in total. The lowest BCUT2D eigenvalue weighted by atomic mass is 9.88. The Morgan fingerprint density at radius 1 is 1.00 bits per heavy atom. The zero-order valence-corrected chi connectivity index (χ0v) is 20.8. The fraction of sp³-hybridized carbons (Fsp3) is 0.323. The highest BCUT2D eigenvalue weighted by Gasteiger charge is 2.27. The Kier molecular flexibility index (Phi) is 10.7. The maximum atomic E-state index is 13.0. The third-order valence-electron chi connectivity index (χ3n) is 6.43. The van der Waals surface area contributed by atoms with Crippen LogP contribution in [0.3, 0.4) is 0 Å². The van der Waals surface area contributed by atoms with E-state index < -0.39 is 0 Å². The van der Waals surface area contributed by atoms with Crippen LogP contribution in [0.4, 0.5) is 4.39 Å². The van der Waals surface area contributed by atoms with E-state index in [1.807, 2.05) is 36.4 Å². The maximum absolute atomic E-state index is 13.0. The van der Waals surface area contributed by atoms with Gasteiger partial charge in [0, 0.05) is 6.54 Å². The molecule has 36 heavy (non-hydrogen) atoms. The van der Waals surface area contributed by atoms with Gasteiger partial charge in [0.25, 0.3) is 0 Å². The van der Waals surface area contributed by atoms with Crippen molar-refractivity contribution < 1.29 is 18.7 Å². The smallest absolute Gasteiger partial charge is 0.210 e. The van der Waals surface area contributed by atoms with E-state index in [-0.39, 0.29) is 18.0 Å². The van der Waals surface area contributed by atoms with Crippen molar-refractivity contribution in [2.45, 2.75) is 51.0 Å². The van der Waals surface area contributed by atoms with Crippen molar-refractivity contribution in [3.8, 4) is 12.8 Å². The van der Waals surface area contributed by atoms with Gasteiger partial charge in [0.1, 0.15) is 5.82 Å². The Balaban J connectivity index is 0.000000193. The molecule has 3 aromatic carbocycles. The van der Waals surface area contributed by atoms with Crippen molar-refractivity contribution in [1.29, 1.82) is 0 Å². The summed E-state index contributed by atoms with van der Waals surface area (Å²) >= 11 is 0. The van der Waals surface area contributed by atoms with Crippen molar-refractivity contribution in [3.63, 3.8) is 0 Å². The Labute approximate surface area is 214 Å². The third kappa shape index (κ3) is 7.52. The van der Waals surface area contributed by atoms with Crippen LogP contribution in [-0.2, 0) is 27.3 Å². The minimum Gasteiger partial charge on any atom is -0.376 e. The Morgan fingerprint density at radius 3 is 2.36 bits per heavy atom. The van der Waals surface area contributed by atoms with E-state index in [1.54, 1.807) is 17.0 Å². The van der Waals surface area contributed by atoms with Crippen LogP contribution < -0.4 is 0 Å². The molecule has 0 spiro atoms. The molecule has 1 amide bonds. The van der Waals surface area contributed by atoms with Crippen LogP contribution in [0.25, 0.3) is 0 Å². The van der Waals surface area contributed by atoms with Gasteiger partial charge in [0.05, 0.1) is 31.5 Å². The fourth-order valence-electron chi connectivity index (χ4n) is 4.49. The molecule has 3 aromatic rings. The molecule has 2 heterocycles. The van der Waals surface area contributed by atoms with Crippen molar-refractivity contribution in [1.82, 2.24) is 4.90 Å². The van der Waals surface area contributed by atoms with Crippen LogP contribution in [0, 0.1) is 18.7 Å². The summed E-state index contributed by atoms with van der Waals surface area (Å²) in [6.07, 6.45) is 12.7. The average molecular weight is 488 g/mol. The van der Waals surface area contributed by atoms with Gasteiger partial charge in [0.2, 0.25) is 6.41 Å². The molecule has 188 valence electrons. The molecule has 2 aliphatic rings. The van der Waals surface area contributed by atoms with Gasteiger partial charge in [-0.15, -0.1) is 12.8 Å². The van der Waals surface area contributed by atoms with E-state index in [9.17, 15) is 9.18 Å². The summed E-state index contributed by atoms with van der Waals surface area (Å²) in [6, 6.07) is 24.7. The van der Waals surface area contributed by atoms with Crippen LogP contribution in [0.5, 0.6) is 0 Å². The second-order valence-electron chi connectivity index (χ2n) is 8.89. The van der Waals surface area contributed by atoms with E-state index in [2.05, 4.69) is 38.0 Å². The number of nitrogens with zero attached hydrogens (tertiary/aromatic N) is 1. The van der Waals surface area contributed by atoms with Crippen LogP contribution in [0.2, 0.25) is 0 Å².